The number of nitrogens with zero attached hydrogens (tertiary/aromatic N) is 4. The van der Waals surface area contributed by atoms with Gasteiger partial charge in [-0.05, 0) is 13.3 Å². The van der Waals surface area contributed by atoms with E-state index in [9.17, 15) is 0 Å². The van der Waals surface area contributed by atoms with Crippen molar-refractivity contribution < 1.29 is 0 Å². The molecular weight excluding hydrogens is 288 g/mol. The van der Waals surface area contributed by atoms with E-state index in [4.69, 9.17) is 0 Å². The summed E-state index contributed by atoms with van der Waals surface area (Å²) in [5.74, 6) is 1.73. The van der Waals surface area contributed by atoms with Gasteiger partial charge in [-0.25, -0.2) is 9.98 Å². The van der Waals surface area contributed by atoms with E-state index in [0.29, 0.717) is 6.54 Å². The average Bonchev–Trinajstić information content (AvgIpc) is 2.96. The lowest BCUT2D eigenvalue weighted by Crippen LogP contribution is -2.37. The summed E-state index contributed by atoms with van der Waals surface area (Å²) in [4.78, 5) is 8.74. The van der Waals surface area contributed by atoms with E-state index in [1.54, 1.807) is 11.0 Å². The minimum absolute atomic E-state index is 0.545. The van der Waals surface area contributed by atoms with Crippen molar-refractivity contribution in [2.24, 2.45) is 12.0 Å². The zero-order chi connectivity index (χ0) is 16.8. The highest BCUT2D eigenvalue weighted by molar-refractivity contribution is 5.79. The number of aromatic nitrogens is 3. The van der Waals surface area contributed by atoms with E-state index in [2.05, 4.69) is 39.6 Å². The van der Waals surface area contributed by atoms with Crippen molar-refractivity contribution >= 4 is 5.96 Å². The van der Waals surface area contributed by atoms with Crippen LogP contribution in [-0.4, -0.2) is 33.8 Å². The molecular formula is C17H34N6. The van der Waals surface area contributed by atoms with E-state index in [1.165, 1.54) is 51.4 Å². The lowest BCUT2D eigenvalue weighted by Gasteiger charge is -2.11. The van der Waals surface area contributed by atoms with Crippen LogP contribution in [0.3, 0.4) is 0 Å². The van der Waals surface area contributed by atoms with Gasteiger partial charge < -0.3 is 10.6 Å². The van der Waals surface area contributed by atoms with E-state index < -0.39 is 0 Å². The Labute approximate surface area is 141 Å². The van der Waals surface area contributed by atoms with Crippen LogP contribution in [0, 0.1) is 0 Å². The van der Waals surface area contributed by atoms with Crippen LogP contribution >= 0.6 is 0 Å². The number of hydrogen-bond acceptors (Lipinski definition) is 3. The first-order chi connectivity index (χ1) is 11.3. The Morgan fingerprint density at radius 1 is 1.04 bits per heavy atom. The molecule has 1 heterocycles. The third-order valence-electron chi connectivity index (χ3n) is 3.85. The number of aryl methyl sites for hydroxylation is 1. The van der Waals surface area contributed by atoms with Crippen LogP contribution in [0.4, 0.5) is 0 Å². The molecule has 1 rings (SSSR count). The van der Waals surface area contributed by atoms with Crippen molar-refractivity contribution in [2.75, 3.05) is 13.1 Å². The maximum absolute atomic E-state index is 4.56. The molecule has 0 saturated carbocycles. The Kier molecular flexibility index (Phi) is 10.9. The molecule has 0 radical (unpaired) electrons. The lowest BCUT2D eigenvalue weighted by molar-refractivity contribution is 0.571. The first-order valence-corrected chi connectivity index (χ1v) is 9.13. The summed E-state index contributed by atoms with van der Waals surface area (Å²) in [6.07, 6.45) is 12.3. The third-order valence-corrected chi connectivity index (χ3v) is 3.85. The monoisotopic (exact) mass is 322 g/mol. The molecule has 2 N–H and O–H groups in total. The Balaban J connectivity index is 2.14. The minimum Gasteiger partial charge on any atom is -0.357 e. The van der Waals surface area contributed by atoms with Gasteiger partial charge in [0.25, 0.3) is 0 Å². The highest BCUT2D eigenvalue weighted by atomic mass is 15.3. The summed E-state index contributed by atoms with van der Waals surface area (Å²) >= 11 is 0. The quantitative estimate of drug-likeness (QED) is 0.353. The molecule has 6 nitrogen and oxygen atoms in total. The van der Waals surface area contributed by atoms with E-state index >= 15 is 0 Å². The number of nitrogens with one attached hydrogen (secondary N) is 2. The number of hydrogen-bond donors (Lipinski definition) is 2. The molecule has 1 aromatic rings. The highest BCUT2D eigenvalue weighted by Crippen LogP contribution is 2.07. The second-order valence-electron chi connectivity index (χ2n) is 5.90. The van der Waals surface area contributed by atoms with Crippen molar-refractivity contribution in [1.82, 2.24) is 25.4 Å². The topological polar surface area (TPSA) is 67.1 Å². The van der Waals surface area contributed by atoms with Gasteiger partial charge >= 0.3 is 0 Å². The third kappa shape index (κ3) is 9.21. The molecule has 0 amide bonds. The Morgan fingerprint density at radius 2 is 1.74 bits per heavy atom. The van der Waals surface area contributed by atoms with Gasteiger partial charge in [0, 0.05) is 20.1 Å². The second kappa shape index (κ2) is 12.9. The van der Waals surface area contributed by atoms with E-state index in [0.717, 1.165) is 24.9 Å². The molecule has 0 fully saturated rings. The standard InChI is InChI=1S/C17H34N6/c1-4-6-7-8-9-10-11-12-13-19-17(18-5-2)20-14-16-21-15-22-23(16)3/h15H,4-14H2,1-3H3,(H2,18,19,20). The maximum atomic E-state index is 4.56. The van der Waals surface area contributed by atoms with Crippen molar-refractivity contribution in [2.45, 2.75) is 71.8 Å². The van der Waals surface area contributed by atoms with Crippen molar-refractivity contribution in [3.8, 4) is 0 Å². The fourth-order valence-corrected chi connectivity index (χ4v) is 2.42. The van der Waals surface area contributed by atoms with Crippen molar-refractivity contribution in [3.05, 3.63) is 12.2 Å². The number of aliphatic imine (C=N–C) groups is 1. The molecule has 23 heavy (non-hydrogen) atoms. The summed E-state index contributed by atoms with van der Waals surface area (Å²) in [5.41, 5.74) is 0. The van der Waals surface area contributed by atoms with Crippen LogP contribution in [0.15, 0.2) is 11.3 Å². The SMILES string of the molecule is CCCCCCCCCCNC(=NCc1ncnn1C)NCC. The number of guanidine groups is 1. The zero-order valence-corrected chi connectivity index (χ0v) is 15.1. The number of unbranched alkanes of at least 4 members (excludes halogenated alkanes) is 7. The van der Waals surface area contributed by atoms with Crippen LogP contribution in [-0.2, 0) is 13.6 Å². The van der Waals surface area contributed by atoms with Crippen LogP contribution in [0.2, 0.25) is 0 Å². The molecule has 0 spiro atoms. The normalized spacial score (nSPS) is 11.7. The van der Waals surface area contributed by atoms with Crippen LogP contribution < -0.4 is 10.6 Å². The van der Waals surface area contributed by atoms with Gasteiger partial charge in [0.15, 0.2) is 5.96 Å². The van der Waals surface area contributed by atoms with E-state index in [1.807, 2.05) is 7.05 Å². The van der Waals surface area contributed by atoms with Gasteiger partial charge in [0.1, 0.15) is 18.7 Å². The summed E-state index contributed by atoms with van der Waals surface area (Å²) in [5, 5.41) is 10.7. The average molecular weight is 323 g/mol. The molecule has 6 heteroatoms. The predicted molar refractivity (Wildman–Crippen MR) is 96.4 cm³/mol. The molecule has 0 saturated heterocycles. The van der Waals surface area contributed by atoms with Crippen molar-refractivity contribution in [1.29, 1.82) is 0 Å². The molecule has 1 aromatic heterocycles. The Hall–Kier alpha value is -1.59. The second-order valence-corrected chi connectivity index (χ2v) is 5.90. The first-order valence-electron chi connectivity index (χ1n) is 9.13. The van der Waals surface area contributed by atoms with Crippen molar-refractivity contribution in [3.63, 3.8) is 0 Å². The van der Waals surface area contributed by atoms with Gasteiger partial charge in [0.2, 0.25) is 0 Å². The highest BCUT2D eigenvalue weighted by Gasteiger charge is 2.01. The fourth-order valence-electron chi connectivity index (χ4n) is 2.42. The van der Waals surface area contributed by atoms with E-state index in [-0.39, 0.29) is 0 Å². The summed E-state index contributed by atoms with van der Waals surface area (Å²) in [7, 11) is 1.89. The Morgan fingerprint density at radius 3 is 2.35 bits per heavy atom. The first kappa shape index (κ1) is 19.5. The largest absolute Gasteiger partial charge is 0.357 e. The molecule has 0 aliphatic heterocycles. The molecule has 0 atom stereocenters. The molecule has 0 bridgehead atoms. The zero-order valence-electron chi connectivity index (χ0n) is 15.1. The number of rotatable bonds is 12. The summed E-state index contributed by atoms with van der Waals surface area (Å²) < 4.78 is 1.76. The molecule has 132 valence electrons. The minimum atomic E-state index is 0.545. The van der Waals surface area contributed by atoms with Gasteiger partial charge in [-0.2, -0.15) is 5.10 Å². The van der Waals surface area contributed by atoms with Crippen LogP contribution in [0.5, 0.6) is 0 Å². The van der Waals surface area contributed by atoms with Gasteiger partial charge in [-0.1, -0.05) is 51.9 Å². The lowest BCUT2D eigenvalue weighted by atomic mass is 10.1. The molecule has 0 aliphatic carbocycles. The van der Waals surface area contributed by atoms with Crippen LogP contribution in [0.1, 0.15) is 71.0 Å². The van der Waals surface area contributed by atoms with Crippen LogP contribution in [0.25, 0.3) is 0 Å². The molecule has 0 aromatic carbocycles. The Bertz CT molecular complexity index is 426. The van der Waals surface area contributed by atoms with Gasteiger partial charge in [-0.15, -0.1) is 0 Å². The smallest absolute Gasteiger partial charge is 0.191 e. The predicted octanol–water partition coefficient (Wildman–Crippen LogP) is 3.01. The molecule has 0 aliphatic rings. The molecule has 0 unspecified atom stereocenters. The maximum Gasteiger partial charge on any atom is 0.191 e. The summed E-state index contributed by atoms with van der Waals surface area (Å²) in [6, 6.07) is 0. The summed E-state index contributed by atoms with van der Waals surface area (Å²) in [6.45, 7) is 6.72. The fraction of sp³-hybridized carbons (Fsp3) is 0.824. The van der Waals surface area contributed by atoms with Gasteiger partial charge in [-0.3, -0.25) is 4.68 Å². The van der Waals surface area contributed by atoms with Gasteiger partial charge in [0.05, 0.1) is 0 Å².